The molecule has 0 aliphatic heterocycles. The van der Waals surface area contributed by atoms with Crippen molar-refractivity contribution in [1.82, 2.24) is 5.32 Å². The molecule has 4 heteroatoms. The van der Waals surface area contributed by atoms with Gasteiger partial charge in [0.05, 0.1) is 0 Å². The monoisotopic (exact) mass is 290 g/mol. The standard InChI is InChI=1S/C17H26N2O2/c1-4-19(15-8-6-5-7-9-15)12-17(16(20)21,14-10-11-14)18-13(2)3/h5-9,13-14,18H,4,10-12H2,1-3H3,(H,20,21). The third-order valence-corrected chi connectivity index (χ3v) is 4.15. The fourth-order valence-corrected chi connectivity index (χ4v) is 3.01. The van der Waals surface area contributed by atoms with Gasteiger partial charge in [0.2, 0.25) is 0 Å². The first-order valence-corrected chi connectivity index (χ1v) is 7.80. The molecule has 1 fully saturated rings. The summed E-state index contributed by atoms with van der Waals surface area (Å²) >= 11 is 0. The predicted octanol–water partition coefficient (Wildman–Crippen LogP) is 2.74. The first-order valence-electron chi connectivity index (χ1n) is 7.80. The van der Waals surface area contributed by atoms with Crippen LogP contribution in [0.2, 0.25) is 0 Å². The van der Waals surface area contributed by atoms with Gasteiger partial charge in [-0.05, 0) is 51.7 Å². The van der Waals surface area contributed by atoms with E-state index in [0.29, 0.717) is 6.54 Å². The van der Waals surface area contributed by atoms with Crippen molar-refractivity contribution in [2.24, 2.45) is 5.92 Å². The van der Waals surface area contributed by atoms with Gasteiger partial charge in [-0.25, -0.2) is 0 Å². The van der Waals surface area contributed by atoms with Crippen LogP contribution in [0.3, 0.4) is 0 Å². The van der Waals surface area contributed by atoms with Crippen molar-refractivity contribution in [3.63, 3.8) is 0 Å². The number of likely N-dealkylation sites (N-methyl/N-ethyl adjacent to an activating group) is 1. The van der Waals surface area contributed by atoms with Gasteiger partial charge >= 0.3 is 5.97 Å². The second-order valence-electron chi connectivity index (χ2n) is 6.20. The average molecular weight is 290 g/mol. The summed E-state index contributed by atoms with van der Waals surface area (Å²) in [7, 11) is 0. The van der Waals surface area contributed by atoms with Gasteiger partial charge < -0.3 is 10.0 Å². The Morgan fingerprint density at radius 1 is 1.38 bits per heavy atom. The number of carboxylic acid groups (broad SMARTS) is 1. The lowest BCUT2D eigenvalue weighted by atomic mass is 9.91. The summed E-state index contributed by atoms with van der Waals surface area (Å²) in [6.07, 6.45) is 2.00. The molecular weight excluding hydrogens is 264 g/mol. The van der Waals surface area contributed by atoms with Gasteiger partial charge in [-0.15, -0.1) is 0 Å². The number of hydrogen-bond acceptors (Lipinski definition) is 3. The van der Waals surface area contributed by atoms with Crippen molar-refractivity contribution in [2.45, 2.75) is 45.2 Å². The van der Waals surface area contributed by atoms with Crippen molar-refractivity contribution >= 4 is 11.7 Å². The molecule has 2 N–H and O–H groups in total. The lowest BCUT2D eigenvalue weighted by Crippen LogP contribution is -2.62. The number of carboxylic acids is 1. The molecular formula is C17H26N2O2. The Hall–Kier alpha value is -1.55. The molecule has 116 valence electrons. The molecule has 1 aliphatic rings. The molecule has 1 aromatic rings. The molecule has 1 aromatic carbocycles. The molecule has 4 nitrogen and oxygen atoms in total. The fraction of sp³-hybridized carbons (Fsp3) is 0.588. The van der Waals surface area contributed by atoms with Crippen LogP contribution in [0.25, 0.3) is 0 Å². The highest BCUT2D eigenvalue weighted by atomic mass is 16.4. The van der Waals surface area contributed by atoms with Crippen LogP contribution in [0.5, 0.6) is 0 Å². The highest BCUT2D eigenvalue weighted by Gasteiger charge is 2.52. The zero-order valence-electron chi connectivity index (χ0n) is 13.2. The molecule has 0 saturated heterocycles. The number of nitrogens with one attached hydrogen (secondary N) is 1. The Morgan fingerprint density at radius 2 is 2.00 bits per heavy atom. The first-order chi connectivity index (χ1) is 9.99. The molecule has 0 spiro atoms. The fourth-order valence-electron chi connectivity index (χ4n) is 3.01. The quantitative estimate of drug-likeness (QED) is 0.773. The largest absolute Gasteiger partial charge is 0.480 e. The van der Waals surface area contributed by atoms with Gasteiger partial charge in [0.25, 0.3) is 0 Å². The van der Waals surface area contributed by atoms with Crippen LogP contribution in [0, 0.1) is 5.92 Å². The second-order valence-corrected chi connectivity index (χ2v) is 6.20. The van der Waals surface area contributed by atoms with Crippen molar-refractivity contribution < 1.29 is 9.90 Å². The summed E-state index contributed by atoms with van der Waals surface area (Å²) in [5.74, 6) is -0.497. The highest BCUT2D eigenvalue weighted by Crippen LogP contribution is 2.41. The minimum atomic E-state index is -0.847. The number of benzene rings is 1. The molecule has 1 unspecified atom stereocenters. The second kappa shape index (κ2) is 6.48. The maximum Gasteiger partial charge on any atom is 0.326 e. The third-order valence-electron chi connectivity index (χ3n) is 4.15. The minimum absolute atomic E-state index is 0.149. The number of nitrogens with zero attached hydrogens (tertiary/aromatic N) is 1. The summed E-state index contributed by atoms with van der Waals surface area (Å²) in [5, 5.41) is 13.2. The first kappa shape index (κ1) is 15.8. The molecule has 1 saturated carbocycles. The van der Waals surface area contributed by atoms with E-state index in [9.17, 15) is 9.90 Å². The maximum absolute atomic E-state index is 12.0. The predicted molar refractivity (Wildman–Crippen MR) is 85.7 cm³/mol. The molecule has 2 rings (SSSR count). The number of anilines is 1. The number of carbonyl (C=O) groups is 1. The Balaban J connectivity index is 2.26. The summed E-state index contributed by atoms with van der Waals surface area (Å²) < 4.78 is 0. The smallest absolute Gasteiger partial charge is 0.326 e. The molecule has 21 heavy (non-hydrogen) atoms. The molecule has 0 heterocycles. The van der Waals surface area contributed by atoms with Gasteiger partial charge in [0.15, 0.2) is 0 Å². The summed E-state index contributed by atoms with van der Waals surface area (Å²) in [6.45, 7) is 7.40. The number of hydrogen-bond donors (Lipinski definition) is 2. The summed E-state index contributed by atoms with van der Waals surface area (Å²) in [4.78, 5) is 14.2. The number of rotatable bonds is 8. The van der Waals surface area contributed by atoms with E-state index in [1.165, 1.54) is 0 Å². The van der Waals surface area contributed by atoms with E-state index >= 15 is 0 Å². The zero-order valence-corrected chi connectivity index (χ0v) is 13.2. The molecule has 0 radical (unpaired) electrons. The average Bonchev–Trinajstić information content (AvgIpc) is 3.28. The van der Waals surface area contributed by atoms with Gasteiger partial charge in [-0.2, -0.15) is 0 Å². The van der Waals surface area contributed by atoms with E-state index in [2.05, 4.69) is 17.1 Å². The van der Waals surface area contributed by atoms with Crippen molar-refractivity contribution in [3.8, 4) is 0 Å². The third kappa shape index (κ3) is 3.56. The SMILES string of the molecule is CCN(CC(NC(C)C)(C(=O)O)C1CC1)c1ccccc1. The molecule has 1 atom stereocenters. The van der Waals surface area contributed by atoms with E-state index in [1.807, 2.05) is 44.2 Å². The van der Waals surface area contributed by atoms with Crippen LogP contribution < -0.4 is 10.2 Å². The zero-order chi connectivity index (χ0) is 15.5. The normalized spacial score (nSPS) is 17.5. The van der Waals surface area contributed by atoms with Crippen LogP contribution in [-0.2, 0) is 4.79 Å². The lowest BCUT2D eigenvalue weighted by Gasteiger charge is -2.38. The Morgan fingerprint density at radius 3 is 2.43 bits per heavy atom. The van der Waals surface area contributed by atoms with Crippen LogP contribution in [-0.4, -0.2) is 35.7 Å². The summed E-state index contributed by atoms with van der Waals surface area (Å²) in [5.41, 5.74) is 0.233. The van der Waals surface area contributed by atoms with Crippen LogP contribution in [0.4, 0.5) is 5.69 Å². The van der Waals surface area contributed by atoms with E-state index < -0.39 is 11.5 Å². The maximum atomic E-state index is 12.0. The van der Waals surface area contributed by atoms with Crippen molar-refractivity contribution in [3.05, 3.63) is 30.3 Å². The molecule has 0 aromatic heterocycles. The van der Waals surface area contributed by atoms with E-state index in [1.54, 1.807) is 0 Å². The van der Waals surface area contributed by atoms with Gasteiger partial charge in [0.1, 0.15) is 5.54 Å². The van der Waals surface area contributed by atoms with E-state index in [0.717, 1.165) is 25.1 Å². The highest BCUT2D eigenvalue weighted by molar-refractivity contribution is 5.81. The van der Waals surface area contributed by atoms with Gasteiger partial charge in [-0.3, -0.25) is 10.1 Å². The number of para-hydroxylation sites is 1. The summed E-state index contributed by atoms with van der Waals surface area (Å²) in [6, 6.07) is 10.2. The Bertz CT molecular complexity index is 471. The molecule has 0 bridgehead atoms. The van der Waals surface area contributed by atoms with Crippen LogP contribution >= 0.6 is 0 Å². The van der Waals surface area contributed by atoms with Crippen LogP contribution in [0.15, 0.2) is 30.3 Å². The minimum Gasteiger partial charge on any atom is -0.480 e. The molecule has 1 aliphatic carbocycles. The Kier molecular flexibility index (Phi) is 4.88. The van der Waals surface area contributed by atoms with Crippen molar-refractivity contribution in [1.29, 1.82) is 0 Å². The topological polar surface area (TPSA) is 52.6 Å². The van der Waals surface area contributed by atoms with Crippen LogP contribution in [0.1, 0.15) is 33.6 Å². The van der Waals surface area contributed by atoms with Gasteiger partial charge in [0, 0.05) is 24.8 Å². The van der Waals surface area contributed by atoms with Crippen molar-refractivity contribution in [2.75, 3.05) is 18.0 Å². The Labute approximate surface area is 127 Å². The van der Waals surface area contributed by atoms with Gasteiger partial charge in [-0.1, -0.05) is 18.2 Å². The van der Waals surface area contributed by atoms with E-state index in [4.69, 9.17) is 0 Å². The lowest BCUT2D eigenvalue weighted by molar-refractivity contribution is -0.145. The number of aliphatic carboxylic acids is 1. The molecule has 0 amide bonds. The van der Waals surface area contributed by atoms with E-state index in [-0.39, 0.29) is 12.0 Å².